The number of halogens is 1. The monoisotopic (exact) mass is 385 g/mol. The van der Waals surface area contributed by atoms with Crippen molar-refractivity contribution in [2.75, 3.05) is 38.5 Å². The van der Waals surface area contributed by atoms with Crippen LogP contribution in [0.15, 0.2) is 16.6 Å². The lowest BCUT2D eigenvalue weighted by molar-refractivity contribution is 0.0527. The first-order valence-corrected chi connectivity index (χ1v) is 8.17. The molecule has 0 unspecified atom stereocenters. The second-order valence-electron chi connectivity index (χ2n) is 5.30. The summed E-state index contributed by atoms with van der Waals surface area (Å²) in [5, 5.41) is 8.96. The molecule has 1 aliphatic heterocycles. The molecule has 0 aliphatic carbocycles. The minimum Gasteiger partial charge on any atom is -0.465 e. The molecule has 23 heavy (non-hydrogen) atoms. The Morgan fingerprint density at radius 3 is 2.52 bits per heavy atom. The molecule has 8 heteroatoms. The van der Waals surface area contributed by atoms with Gasteiger partial charge in [-0.1, -0.05) is 15.9 Å². The number of esters is 1. The number of nitrogens with two attached hydrogens (primary N) is 1. The molecule has 0 bridgehead atoms. The molecule has 1 fully saturated rings. The van der Waals surface area contributed by atoms with Crippen molar-refractivity contribution >= 4 is 33.7 Å². The number of carbonyl (C=O) groups is 2. The molecule has 0 saturated carbocycles. The molecule has 126 valence electrons. The van der Waals surface area contributed by atoms with E-state index in [4.69, 9.17) is 15.6 Å². The van der Waals surface area contributed by atoms with Crippen LogP contribution in [0.5, 0.6) is 0 Å². The normalized spacial score (nSPS) is 15.5. The number of nitrogens with zero attached hydrogens (tertiary/aromatic N) is 2. The van der Waals surface area contributed by atoms with Gasteiger partial charge in [0.15, 0.2) is 0 Å². The fraction of sp³-hybridized carbons (Fsp3) is 0.467. The minimum atomic E-state index is -0.881. The molecule has 0 radical (unpaired) electrons. The van der Waals surface area contributed by atoms with Gasteiger partial charge in [-0.2, -0.15) is 0 Å². The Kier molecular flexibility index (Phi) is 5.84. The molecule has 1 heterocycles. The predicted octanol–water partition coefficient (Wildman–Crippen LogP) is 2.00. The fourth-order valence-electron chi connectivity index (χ4n) is 2.48. The Bertz CT molecular complexity index is 601. The smallest absolute Gasteiger partial charge is 0.407 e. The first kappa shape index (κ1) is 17.6. The van der Waals surface area contributed by atoms with Gasteiger partial charge in [0.25, 0.3) is 0 Å². The molecule has 1 saturated heterocycles. The highest BCUT2D eigenvalue weighted by molar-refractivity contribution is 9.10. The van der Waals surface area contributed by atoms with Crippen LogP contribution in [0, 0.1) is 0 Å². The number of carbonyl (C=O) groups excluding carboxylic acids is 1. The van der Waals surface area contributed by atoms with Gasteiger partial charge in [-0.15, -0.1) is 0 Å². The number of amides is 1. The van der Waals surface area contributed by atoms with E-state index in [9.17, 15) is 9.59 Å². The van der Waals surface area contributed by atoms with Crippen LogP contribution in [0.4, 0.5) is 10.5 Å². The van der Waals surface area contributed by atoms with E-state index in [0.29, 0.717) is 50.6 Å². The van der Waals surface area contributed by atoms with Crippen LogP contribution in [-0.4, -0.2) is 59.8 Å². The van der Waals surface area contributed by atoms with Gasteiger partial charge in [-0.05, 0) is 24.6 Å². The lowest BCUT2D eigenvalue weighted by Gasteiger charge is -2.33. The molecule has 2 rings (SSSR count). The van der Waals surface area contributed by atoms with Gasteiger partial charge in [-0.25, -0.2) is 9.59 Å². The third kappa shape index (κ3) is 4.35. The zero-order valence-electron chi connectivity index (χ0n) is 12.9. The van der Waals surface area contributed by atoms with Crippen molar-refractivity contribution in [1.82, 2.24) is 9.80 Å². The summed E-state index contributed by atoms with van der Waals surface area (Å²) >= 11 is 3.47. The SMILES string of the molecule is CCOC(=O)c1cc(Br)c(CN2CCN(C(=O)O)CC2)cc1N. The van der Waals surface area contributed by atoms with E-state index in [1.165, 1.54) is 4.90 Å². The summed E-state index contributed by atoms with van der Waals surface area (Å²) in [5.41, 5.74) is 7.65. The maximum absolute atomic E-state index is 11.8. The van der Waals surface area contributed by atoms with Crippen LogP contribution in [-0.2, 0) is 11.3 Å². The summed E-state index contributed by atoms with van der Waals surface area (Å²) in [6.45, 7) is 4.99. The number of anilines is 1. The lowest BCUT2D eigenvalue weighted by Crippen LogP contribution is -2.47. The first-order valence-electron chi connectivity index (χ1n) is 7.37. The number of benzene rings is 1. The van der Waals surface area contributed by atoms with E-state index in [2.05, 4.69) is 20.8 Å². The Morgan fingerprint density at radius 1 is 1.30 bits per heavy atom. The molecule has 1 aromatic rings. The molecule has 0 aromatic heterocycles. The Morgan fingerprint density at radius 2 is 1.96 bits per heavy atom. The quantitative estimate of drug-likeness (QED) is 0.607. The average Bonchev–Trinajstić information content (AvgIpc) is 2.51. The van der Waals surface area contributed by atoms with Gasteiger partial charge in [0, 0.05) is 42.9 Å². The Balaban J connectivity index is 2.05. The van der Waals surface area contributed by atoms with Crippen LogP contribution in [0.3, 0.4) is 0 Å². The number of rotatable bonds is 4. The topological polar surface area (TPSA) is 96.1 Å². The number of hydrogen-bond acceptors (Lipinski definition) is 5. The highest BCUT2D eigenvalue weighted by Crippen LogP contribution is 2.26. The third-order valence-corrected chi connectivity index (χ3v) is 4.49. The molecular formula is C15H20BrN3O4. The van der Waals surface area contributed by atoms with Gasteiger partial charge in [0.1, 0.15) is 0 Å². The largest absolute Gasteiger partial charge is 0.465 e. The molecule has 1 amide bonds. The van der Waals surface area contributed by atoms with E-state index in [1.807, 2.05) is 0 Å². The van der Waals surface area contributed by atoms with Gasteiger partial charge in [0.2, 0.25) is 0 Å². The van der Waals surface area contributed by atoms with Crippen LogP contribution >= 0.6 is 15.9 Å². The molecule has 1 aliphatic rings. The van der Waals surface area contributed by atoms with Crippen LogP contribution in [0.25, 0.3) is 0 Å². The number of hydrogen-bond donors (Lipinski definition) is 2. The summed E-state index contributed by atoms with van der Waals surface area (Å²) in [6.07, 6.45) is -0.881. The second kappa shape index (κ2) is 7.65. The molecule has 0 spiro atoms. The van der Waals surface area contributed by atoms with E-state index >= 15 is 0 Å². The van der Waals surface area contributed by atoms with Gasteiger partial charge in [0.05, 0.1) is 12.2 Å². The van der Waals surface area contributed by atoms with Crippen molar-refractivity contribution < 1.29 is 19.4 Å². The van der Waals surface area contributed by atoms with E-state index in [-0.39, 0.29) is 0 Å². The lowest BCUT2D eigenvalue weighted by atomic mass is 10.1. The van der Waals surface area contributed by atoms with Gasteiger partial charge < -0.3 is 20.5 Å². The molecular weight excluding hydrogens is 366 g/mol. The Hall–Kier alpha value is -1.80. The number of piperazine rings is 1. The summed E-state index contributed by atoms with van der Waals surface area (Å²) in [4.78, 5) is 26.3. The van der Waals surface area contributed by atoms with Crippen LogP contribution in [0.2, 0.25) is 0 Å². The molecule has 0 atom stereocenters. The van der Waals surface area contributed by atoms with Crippen molar-refractivity contribution in [1.29, 1.82) is 0 Å². The maximum Gasteiger partial charge on any atom is 0.407 e. The molecule has 3 N–H and O–H groups in total. The highest BCUT2D eigenvalue weighted by Gasteiger charge is 2.21. The standard InChI is InChI=1S/C15H20BrN3O4/c1-2-23-14(20)11-8-12(16)10(7-13(11)17)9-18-3-5-19(6-4-18)15(21)22/h7-8H,2-6,9,17H2,1H3,(H,21,22). The average molecular weight is 386 g/mol. The summed E-state index contributed by atoms with van der Waals surface area (Å²) in [7, 11) is 0. The van der Waals surface area contributed by atoms with E-state index in [0.717, 1.165) is 10.0 Å². The summed E-state index contributed by atoms with van der Waals surface area (Å²) in [6, 6.07) is 3.44. The van der Waals surface area contributed by atoms with E-state index < -0.39 is 12.1 Å². The zero-order valence-corrected chi connectivity index (χ0v) is 14.5. The van der Waals surface area contributed by atoms with Crippen molar-refractivity contribution in [3.8, 4) is 0 Å². The van der Waals surface area contributed by atoms with Gasteiger partial charge in [-0.3, -0.25) is 4.90 Å². The summed E-state index contributed by atoms with van der Waals surface area (Å²) < 4.78 is 5.76. The molecule has 1 aromatic carbocycles. The maximum atomic E-state index is 11.8. The van der Waals surface area contributed by atoms with Crippen LogP contribution in [0.1, 0.15) is 22.8 Å². The van der Waals surface area contributed by atoms with Crippen molar-refractivity contribution in [2.24, 2.45) is 0 Å². The fourth-order valence-corrected chi connectivity index (χ4v) is 2.95. The van der Waals surface area contributed by atoms with Crippen molar-refractivity contribution in [2.45, 2.75) is 13.5 Å². The van der Waals surface area contributed by atoms with E-state index in [1.54, 1.807) is 19.1 Å². The minimum absolute atomic E-state index is 0.297. The molecule has 7 nitrogen and oxygen atoms in total. The Labute approximate surface area is 143 Å². The highest BCUT2D eigenvalue weighted by atomic mass is 79.9. The summed E-state index contributed by atoms with van der Waals surface area (Å²) in [5.74, 6) is -0.438. The first-order chi connectivity index (χ1) is 10.9. The number of carboxylic acid groups (broad SMARTS) is 1. The second-order valence-corrected chi connectivity index (χ2v) is 6.15. The third-order valence-electron chi connectivity index (χ3n) is 3.75. The zero-order chi connectivity index (χ0) is 17.0. The van der Waals surface area contributed by atoms with Crippen molar-refractivity contribution in [3.05, 3.63) is 27.7 Å². The van der Waals surface area contributed by atoms with Gasteiger partial charge >= 0.3 is 12.1 Å². The predicted molar refractivity (Wildman–Crippen MR) is 89.4 cm³/mol. The number of ether oxygens (including phenoxy) is 1. The van der Waals surface area contributed by atoms with Crippen molar-refractivity contribution in [3.63, 3.8) is 0 Å². The van der Waals surface area contributed by atoms with Crippen LogP contribution < -0.4 is 5.73 Å². The number of nitrogen functional groups attached to an aromatic ring is 1.